The van der Waals surface area contributed by atoms with E-state index >= 15 is 0 Å². The summed E-state index contributed by atoms with van der Waals surface area (Å²) in [4.78, 5) is 0. The Kier molecular flexibility index (Phi) is 2.83. The van der Waals surface area contributed by atoms with Crippen molar-refractivity contribution in [2.75, 3.05) is 19.7 Å². The first-order valence-electron chi connectivity index (χ1n) is 6.35. The SMILES string of the molecule is c1ccc2c(c1)CC(C1CCCNC1)CO2. The van der Waals surface area contributed by atoms with E-state index < -0.39 is 0 Å². The predicted octanol–water partition coefficient (Wildman–Crippen LogP) is 2.24. The molecule has 0 radical (unpaired) electrons. The number of rotatable bonds is 1. The molecule has 1 N–H and O–H groups in total. The van der Waals surface area contributed by atoms with Crippen molar-refractivity contribution in [3.05, 3.63) is 29.8 Å². The molecule has 1 aromatic carbocycles. The lowest BCUT2D eigenvalue weighted by molar-refractivity contribution is 0.150. The first-order chi connectivity index (χ1) is 7.93. The maximum atomic E-state index is 5.86. The van der Waals surface area contributed by atoms with Gasteiger partial charge in [-0.15, -0.1) is 0 Å². The predicted molar refractivity (Wildman–Crippen MR) is 64.7 cm³/mol. The van der Waals surface area contributed by atoms with E-state index in [2.05, 4.69) is 29.6 Å². The molecule has 1 aromatic rings. The van der Waals surface area contributed by atoms with Crippen molar-refractivity contribution in [3.63, 3.8) is 0 Å². The maximum Gasteiger partial charge on any atom is 0.122 e. The fraction of sp³-hybridized carbons (Fsp3) is 0.571. The van der Waals surface area contributed by atoms with Gasteiger partial charge in [0, 0.05) is 5.92 Å². The molecular weight excluding hydrogens is 198 g/mol. The molecular formula is C14H19NO. The molecule has 2 heterocycles. The molecule has 0 aliphatic carbocycles. The summed E-state index contributed by atoms with van der Waals surface area (Å²) in [5.41, 5.74) is 1.39. The summed E-state index contributed by atoms with van der Waals surface area (Å²) in [6.45, 7) is 3.28. The zero-order valence-corrected chi connectivity index (χ0v) is 9.61. The normalized spacial score (nSPS) is 29.2. The van der Waals surface area contributed by atoms with Gasteiger partial charge in [0.2, 0.25) is 0 Å². The van der Waals surface area contributed by atoms with Crippen molar-refractivity contribution in [1.82, 2.24) is 5.32 Å². The minimum absolute atomic E-state index is 0.711. The van der Waals surface area contributed by atoms with Gasteiger partial charge in [-0.25, -0.2) is 0 Å². The number of hydrogen-bond acceptors (Lipinski definition) is 2. The van der Waals surface area contributed by atoms with E-state index in [1.165, 1.54) is 37.9 Å². The van der Waals surface area contributed by atoms with Gasteiger partial charge >= 0.3 is 0 Å². The minimum Gasteiger partial charge on any atom is -0.493 e. The molecule has 2 aliphatic rings. The molecule has 1 saturated heterocycles. The summed E-state index contributed by atoms with van der Waals surface area (Å²) in [7, 11) is 0. The third kappa shape index (κ3) is 1.94. The van der Waals surface area contributed by atoms with Crippen LogP contribution in [0.3, 0.4) is 0 Å². The quantitative estimate of drug-likeness (QED) is 0.779. The lowest BCUT2D eigenvalue weighted by Gasteiger charge is -2.34. The van der Waals surface area contributed by atoms with Gasteiger partial charge in [0.1, 0.15) is 5.75 Å². The molecule has 2 aliphatic heterocycles. The van der Waals surface area contributed by atoms with Crippen molar-refractivity contribution in [1.29, 1.82) is 0 Å². The average Bonchev–Trinajstić information content (AvgIpc) is 2.39. The number of para-hydroxylation sites is 1. The van der Waals surface area contributed by atoms with E-state index in [1.54, 1.807) is 0 Å². The van der Waals surface area contributed by atoms with Crippen LogP contribution in [0.2, 0.25) is 0 Å². The van der Waals surface area contributed by atoms with E-state index in [1.807, 2.05) is 0 Å². The van der Waals surface area contributed by atoms with Crippen LogP contribution < -0.4 is 10.1 Å². The van der Waals surface area contributed by atoms with Gasteiger partial charge in [-0.05, 0) is 49.9 Å². The number of fused-ring (bicyclic) bond motifs is 1. The highest BCUT2D eigenvalue weighted by Crippen LogP contribution is 2.32. The molecule has 16 heavy (non-hydrogen) atoms. The Morgan fingerprint density at radius 3 is 3.00 bits per heavy atom. The highest BCUT2D eigenvalue weighted by molar-refractivity contribution is 5.35. The van der Waals surface area contributed by atoms with Crippen LogP contribution in [0.15, 0.2) is 24.3 Å². The number of piperidine rings is 1. The largest absolute Gasteiger partial charge is 0.493 e. The zero-order valence-electron chi connectivity index (χ0n) is 9.61. The molecule has 0 spiro atoms. The van der Waals surface area contributed by atoms with Crippen LogP contribution >= 0.6 is 0 Å². The van der Waals surface area contributed by atoms with Crippen molar-refractivity contribution in [2.24, 2.45) is 11.8 Å². The summed E-state index contributed by atoms with van der Waals surface area (Å²) in [6, 6.07) is 8.47. The van der Waals surface area contributed by atoms with Crippen LogP contribution in [0.1, 0.15) is 18.4 Å². The molecule has 2 heteroatoms. The molecule has 0 bridgehead atoms. The topological polar surface area (TPSA) is 21.3 Å². The monoisotopic (exact) mass is 217 g/mol. The second-order valence-corrected chi connectivity index (χ2v) is 4.99. The Bertz CT molecular complexity index is 358. The van der Waals surface area contributed by atoms with Crippen LogP contribution in [-0.4, -0.2) is 19.7 Å². The second-order valence-electron chi connectivity index (χ2n) is 4.99. The highest BCUT2D eigenvalue weighted by Gasteiger charge is 2.28. The Morgan fingerprint density at radius 2 is 2.12 bits per heavy atom. The van der Waals surface area contributed by atoms with E-state index in [-0.39, 0.29) is 0 Å². The lowest BCUT2D eigenvalue weighted by atomic mass is 9.81. The molecule has 0 saturated carbocycles. The third-order valence-corrected chi connectivity index (χ3v) is 3.91. The summed E-state index contributed by atoms with van der Waals surface area (Å²) in [6.07, 6.45) is 3.88. The third-order valence-electron chi connectivity index (χ3n) is 3.91. The molecule has 3 rings (SSSR count). The molecule has 2 atom stereocenters. The van der Waals surface area contributed by atoms with E-state index in [0.29, 0.717) is 5.92 Å². The smallest absolute Gasteiger partial charge is 0.122 e. The average molecular weight is 217 g/mol. The Morgan fingerprint density at radius 1 is 1.19 bits per heavy atom. The standard InChI is InChI=1S/C14H19NO/c1-2-6-14-11(4-1)8-13(10-16-14)12-5-3-7-15-9-12/h1-2,4,6,12-13,15H,3,5,7-10H2. The first-order valence-corrected chi connectivity index (χ1v) is 6.35. The van der Waals surface area contributed by atoms with Gasteiger partial charge in [-0.2, -0.15) is 0 Å². The van der Waals surface area contributed by atoms with Crippen LogP contribution in [-0.2, 0) is 6.42 Å². The fourth-order valence-corrected chi connectivity index (χ4v) is 2.94. The van der Waals surface area contributed by atoms with E-state index in [0.717, 1.165) is 18.3 Å². The Hall–Kier alpha value is -1.02. The molecule has 1 fully saturated rings. The van der Waals surface area contributed by atoms with Gasteiger partial charge in [0.05, 0.1) is 6.61 Å². The Balaban J connectivity index is 1.72. The lowest BCUT2D eigenvalue weighted by Crippen LogP contribution is -2.38. The molecule has 0 amide bonds. The highest BCUT2D eigenvalue weighted by atomic mass is 16.5. The fourth-order valence-electron chi connectivity index (χ4n) is 2.94. The van der Waals surface area contributed by atoms with Crippen molar-refractivity contribution in [3.8, 4) is 5.75 Å². The van der Waals surface area contributed by atoms with Gasteiger partial charge < -0.3 is 10.1 Å². The molecule has 2 nitrogen and oxygen atoms in total. The van der Waals surface area contributed by atoms with Crippen molar-refractivity contribution < 1.29 is 4.74 Å². The van der Waals surface area contributed by atoms with E-state index in [4.69, 9.17) is 4.74 Å². The summed E-state index contributed by atoms with van der Waals surface area (Å²) in [5, 5.41) is 3.50. The Labute approximate surface area is 97.0 Å². The summed E-state index contributed by atoms with van der Waals surface area (Å²) in [5.74, 6) is 2.62. The maximum absolute atomic E-state index is 5.86. The summed E-state index contributed by atoms with van der Waals surface area (Å²) >= 11 is 0. The first kappa shape index (κ1) is 10.2. The number of nitrogens with one attached hydrogen (secondary N) is 1. The van der Waals surface area contributed by atoms with Crippen molar-refractivity contribution >= 4 is 0 Å². The van der Waals surface area contributed by atoms with Crippen LogP contribution in [0, 0.1) is 11.8 Å². The second kappa shape index (κ2) is 4.46. The van der Waals surface area contributed by atoms with Crippen molar-refractivity contribution in [2.45, 2.75) is 19.3 Å². The van der Waals surface area contributed by atoms with Gasteiger partial charge in [-0.1, -0.05) is 18.2 Å². The van der Waals surface area contributed by atoms with Gasteiger partial charge in [-0.3, -0.25) is 0 Å². The number of ether oxygens (including phenoxy) is 1. The van der Waals surface area contributed by atoms with Crippen LogP contribution in [0.25, 0.3) is 0 Å². The van der Waals surface area contributed by atoms with Crippen LogP contribution in [0.5, 0.6) is 5.75 Å². The number of hydrogen-bond donors (Lipinski definition) is 1. The number of benzene rings is 1. The molecule has 2 unspecified atom stereocenters. The molecule has 86 valence electrons. The van der Waals surface area contributed by atoms with Crippen LogP contribution in [0.4, 0.5) is 0 Å². The zero-order chi connectivity index (χ0) is 10.8. The van der Waals surface area contributed by atoms with E-state index in [9.17, 15) is 0 Å². The summed E-state index contributed by atoms with van der Waals surface area (Å²) < 4.78 is 5.86. The molecule has 0 aromatic heterocycles. The van der Waals surface area contributed by atoms with Gasteiger partial charge in [0.15, 0.2) is 0 Å². The van der Waals surface area contributed by atoms with Gasteiger partial charge in [0.25, 0.3) is 0 Å². The minimum atomic E-state index is 0.711.